The molecular formula is C8H4IN3O3. The summed E-state index contributed by atoms with van der Waals surface area (Å²) in [4.78, 5) is 27.9. The Morgan fingerprint density at radius 2 is 2.20 bits per heavy atom. The van der Waals surface area contributed by atoms with Crippen molar-refractivity contribution < 1.29 is 4.92 Å². The van der Waals surface area contributed by atoms with Crippen LogP contribution in [0.3, 0.4) is 0 Å². The standard InChI is InChI=1S/C8H4IN3O3/c9-4-1-2-5-6(7(4)12(14)15)8(13)11-3-10-5/h1-3H,(H,10,11,13). The van der Waals surface area contributed by atoms with E-state index in [1.165, 1.54) is 6.33 Å². The van der Waals surface area contributed by atoms with Gasteiger partial charge in [-0.25, -0.2) is 4.98 Å². The van der Waals surface area contributed by atoms with Crippen LogP contribution in [0.15, 0.2) is 23.3 Å². The topological polar surface area (TPSA) is 88.9 Å². The number of aromatic amines is 1. The Morgan fingerprint density at radius 3 is 2.87 bits per heavy atom. The first kappa shape index (κ1) is 10.0. The molecule has 0 spiro atoms. The Morgan fingerprint density at radius 1 is 1.47 bits per heavy atom. The number of fused-ring (bicyclic) bond motifs is 1. The van der Waals surface area contributed by atoms with Crippen molar-refractivity contribution in [2.24, 2.45) is 0 Å². The fraction of sp³-hybridized carbons (Fsp3) is 0. The van der Waals surface area contributed by atoms with Crippen LogP contribution in [0.4, 0.5) is 5.69 Å². The Labute approximate surface area is 96.6 Å². The number of H-pyrrole nitrogens is 1. The van der Waals surface area contributed by atoms with Gasteiger partial charge in [-0.05, 0) is 34.7 Å². The van der Waals surface area contributed by atoms with Crippen LogP contribution in [0.25, 0.3) is 10.9 Å². The monoisotopic (exact) mass is 317 g/mol. The maximum Gasteiger partial charge on any atom is 0.297 e. The molecule has 0 aliphatic carbocycles. The van der Waals surface area contributed by atoms with E-state index in [-0.39, 0.29) is 11.1 Å². The number of nitrogens with zero attached hydrogens (tertiary/aromatic N) is 2. The highest BCUT2D eigenvalue weighted by atomic mass is 127. The van der Waals surface area contributed by atoms with Crippen LogP contribution in [0.2, 0.25) is 0 Å². The molecule has 6 nitrogen and oxygen atoms in total. The van der Waals surface area contributed by atoms with Gasteiger partial charge in [0.05, 0.1) is 20.3 Å². The minimum absolute atomic E-state index is 0.0226. The average molecular weight is 317 g/mol. The van der Waals surface area contributed by atoms with E-state index in [1.54, 1.807) is 12.1 Å². The van der Waals surface area contributed by atoms with E-state index in [9.17, 15) is 14.9 Å². The summed E-state index contributed by atoms with van der Waals surface area (Å²) < 4.78 is 0.420. The predicted octanol–water partition coefficient (Wildman–Crippen LogP) is 1.44. The van der Waals surface area contributed by atoms with Gasteiger partial charge < -0.3 is 4.98 Å². The minimum atomic E-state index is -0.568. The van der Waals surface area contributed by atoms with E-state index in [4.69, 9.17) is 0 Å². The second kappa shape index (κ2) is 3.57. The van der Waals surface area contributed by atoms with Crippen LogP contribution < -0.4 is 5.56 Å². The molecule has 15 heavy (non-hydrogen) atoms. The van der Waals surface area contributed by atoms with E-state index in [0.717, 1.165) is 0 Å². The molecule has 0 unspecified atom stereocenters. The van der Waals surface area contributed by atoms with E-state index >= 15 is 0 Å². The summed E-state index contributed by atoms with van der Waals surface area (Å²) in [6.07, 6.45) is 1.22. The summed E-state index contributed by atoms with van der Waals surface area (Å²) in [5.74, 6) is 0. The van der Waals surface area contributed by atoms with Gasteiger partial charge in [-0.3, -0.25) is 14.9 Å². The number of nitro groups is 1. The molecule has 1 aromatic carbocycles. The maximum absolute atomic E-state index is 11.5. The molecule has 0 aliphatic heterocycles. The van der Waals surface area contributed by atoms with Crippen molar-refractivity contribution in [3.8, 4) is 0 Å². The molecule has 2 rings (SSSR count). The van der Waals surface area contributed by atoms with Gasteiger partial charge in [0.15, 0.2) is 0 Å². The van der Waals surface area contributed by atoms with Gasteiger partial charge >= 0.3 is 0 Å². The highest BCUT2D eigenvalue weighted by molar-refractivity contribution is 14.1. The van der Waals surface area contributed by atoms with Gasteiger partial charge in [-0.2, -0.15) is 0 Å². The Kier molecular flexibility index (Phi) is 2.39. The van der Waals surface area contributed by atoms with E-state index < -0.39 is 10.5 Å². The van der Waals surface area contributed by atoms with Gasteiger partial charge in [-0.1, -0.05) is 0 Å². The number of hydrogen-bond donors (Lipinski definition) is 1. The number of halogens is 1. The third-order valence-corrected chi connectivity index (χ3v) is 2.79. The van der Waals surface area contributed by atoms with Crippen LogP contribution in [-0.2, 0) is 0 Å². The van der Waals surface area contributed by atoms with Crippen molar-refractivity contribution in [1.29, 1.82) is 0 Å². The third-order valence-electron chi connectivity index (χ3n) is 1.92. The number of benzene rings is 1. The zero-order valence-electron chi connectivity index (χ0n) is 7.23. The highest BCUT2D eigenvalue weighted by Gasteiger charge is 2.19. The first-order valence-corrected chi connectivity index (χ1v) is 4.99. The molecule has 1 N–H and O–H groups in total. The van der Waals surface area contributed by atoms with E-state index in [0.29, 0.717) is 9.09 Å². The molecule has 0 radical (unpaired) electrons. The fourth-order valence-electron chi connectivity index (χ4n) is 1.30. The average Bonchev–Trinajstić information content (AvgIpc) is 2.18. The summed E-state index contributed by atoms with van der Waals surface area (Å²) in [6, 6.07) is 3.15. The lowest BCUT2D eigenvalue weighted by atomic mass is 10.2. The SMILES string of the molecule is O=c1[nH]cnc2ccc(I)c([N+](=O)[O-])c12. The number of hydrogen-bond acceptors (Lipinski definition) is 4. The van der Waals surface area contributed by atoms with Crippen molar-refractivity contribution in [2.75, 3.05) is 0 Å². The molecule has 0 fully saturated rings. The fourth-order valence-corrected chi connectivity index (χ4v) is 1.94. The number of rotatable bonds is 1. The summed E-state index contributed by atoms with van der Waals surface area (Å²) in [7, 11) is 0. The summed E-state index contributed by atoms with van der Waals surface area (Å²) in [5.41, 5.74) is -0.362. The molecule has 76 valence electrons. The summed E-state index contributed by atoms with van der Waals surface area (Å²) in [6.45, 7) is 0. The van der Waals surface area contributed by atoms with Gasteiger partial charge in [-0.15, -0.1) is 0 Å². The van der Waals surface area contributed by atoms with Crippen LogP contribution in [0.5, 0.6) is 0 Å². The van der Waals surface area contributed by atoms with Crippen molar-refractivity contribution >= 4 is 39.2 Å². The van der Waals surface area contributed by atoms with Gasteiger partial charge in [0.2, 0.25) is 0 Å². The minimum Gasteiger partial charge on any atom is -0.312 e. The Hall–Kier alpha value is -1.51. The van der Waals surface area contributed by atoms with Crippen LogP contribution in [-0.4, -0.2) is 14.9 Å². The first-order chi connectivity index (χ1) is 7.11. The molecule has 1 heterocycles. The molecular weight excluding hydrogens is 313 g/mol. The van der Waals surface area contributed by atoms with E-state index in [1.807, 2.05) is 22.6 Å². The number of nitrogens with one attached hydrogen (secondary N) is 1. The van der Waals surface area contributed by atoms with Gasteiger partial charge in [0, 0.05) is 0 Å². The number of nitro benzene ring substituents is 1. The van der Waals surface area contributed by atoms with Crippen molar-refractivity contribution in [3.05, 3.63) is 42.5 Å². The Bertz CT molecular complexity index is 608. The van der Waals surface area contributed by atoms with Crippen molar-refractivity contribution in [2.45, 2.75) is 0 Å². The van der Waals surface area contributed by atoms with Crippen molar-refractivity contribution in [3.63, 3.8) is 0 Å². The molecule has 2 aromatic rings. The quantitative estimate of drug-likeness (QED) is 0.489. The molecule has 0 saturated carbocycles. The van der Waals surface area contributed by atoms with Crippen molar-refractivity contribution in [1.82, 2.24) is 9.97 Å². The van der Waals surface area contributed by atoms with Crippen LogP contribution in [0, 0.1) is 13.7 Å². The first-order valence-electron chi connectivity index (χ1n) is 3.91. The zero-order valence-corrected chi connectivity index (χ0v) is 9.39. The molecule has 0 aliphatic rings. The largest absolute Gasteiger partial charge is 0.312 e. The van der Waals surface area contributed by atoms with Crippen LogP contribution in [0.1, 0.15) is 0 Å². The highest BCUT2D eigenvalue weighted by Crippen LogP contribution is 2.26. The lowest BCUT2D eigenvalue weighted by Gasteiger charge is -1.99. The molecule has 0 saturated heterocycles. The normalized spacial score (nSPS) is 10.5. The zero-order chi connectivity index (χ0) is 11.0. The van der Waals surface area contributed by atoms with Gasteiger partial charge in [0.25, 0.3) is 11.2 Å². The lowest BCUT2D eigenvalue weighted by molar-refractivity contribution is -0.384. The van der Waals surface area contributed by atoms with Crippen LogP contribution >= 0.6 is 22.6 Å². The second-order valence-corrected chi connectivity index (χ2v) is 3.94. The summed E-state index contributed by atoms with van der Waals surface area (Å²) >= 11 is 1.82. The smallest absolute Gasteiger partial charge is 0.297 e. The molecule has 0 atom stereocenters. The van der Waals surface area contributed by atoms with E-state index in [2.05, 4.69) is 9.97 Å². The lowest BCUT2D eigenvalue weighted by Crippen LogP contribution is -2.09. The molecule has 0 bridgehead atoms. The maximum atomic E-state index is 11.5. The Balaban J connectivity index is 3.04. The predicted molar refractivity (Wildman–Crippen MR) is 61.7 cm³/mol. The molecule has 1 aromatic heterocycles. The summed E-state index contributed by atoms with van der Waals surface area (Å²) in [5, 5.41) is 10.8. The molecule has 0 amide bonds. The molecule has 7 heteroatoms. The second-order valence-electron chi connectivity index (χ2n) is 2.78. The third kappa shape index (κ3) is 1.58. The van der Waals surface area contributed by atoms with Gasteiger partial charge in [0.1, 0.15) is 5.39 Å². The number of aromatic nitrogens is 2.